The summed E-state index contributed by atoms with van der Waals surface area (Å²) in [5.74, 6) is -0.888. The van der Waals surface area contributed by atoms with Gasteiger partial charge in [0.15, 0.2) is 0 Å². The predicted molar refractivity (Wildman–Crippen MR) is 47.8 cm³/mol. The van der Waals surface area contributed by atoms with E-state index < -0.39 is 10.7 Å². The van der Waals surface area contributed by atoms with Gasteiger partial charge in [-0.2, -0.15) is 10.5 Å². The average Bonchev–Trinajstić information content (AvgIpc) is 2.27. The van der Waals surface area contributed by atoms with E-state index in [1.807, 2.05) is 0 Å². The van der Waals surface area contributed by atoms with Gasteiger partial charge < -0.3 is 0 Å². The zero-order valence-corrected chi connectivity index (χ0v) is 7.30. The third-order valence-electron chi connectivity index (χ3n) is 1.68. The number of ketones is 1. The van der Waals surface area contributed by atoms with Gasteiger partial charge in [-0.05, 0) is 6.07 Å². The zero-order valence-electron chi connectivity index (χ0n) is 7.30. The molecule has 6 heteroatoms. The molecule has 0 N–H and O–H groups in total. The fourth-order valence-electron chi connectivity index (χ4n) is 0.997. The molecule has 1 aromatic carbocycles. The number of carbonyl (C=O) groups is 1. The molecule has 6 nitrogen and oxygen atoms in total. The summed E-state index contributed by atoms with van der Waals surface area (Å²) in [5, 5.41) is 27.3. The molecule has 0 unspecified atom stereocenters. The van der Waals surface area contributed by atoms with Crippen molar-refractivity contribution in [2.24, 2.45) is 0 Å². The fraction of sp³-hybridized carbons (Fsp3) is 0. The summed E-state index contributed by atoms with van der Waals surface area (Å²) in [6.45, 7) is 0. The van der Waals surface area contributed by atoms with E-state index in [0.29, 0.717) is 0 Å². The number of nitriles is 2. The van der Waals surface area contributed by atoms with Gasteiger partial charge in [0.25, 0.3) is 11.5 Å². The molecule has 0 spiro atoms. The lowest BCUT2D eigenvalue weighted by Gasteiger charge is -1.96. The minimum atomic E-state index is -0.888. The zero-order chi connectivity index (χ0) is 11.4. The Morgan fingerprint density at radius 1 is 1.40 bits per heavy atom. The van der Waals surface area contributed by atoms with Gasteiger partial charge >= 0.3 is 0 Å². The van der Waals surface area contributed by atoms with E-state index in [0.717, 1.165) is 18.2 Å². The van der Waals surface area contributed by atoms with Gasteiger partial charge in [0.2, 0.25) is 0 Å². The van der Waals surface area contributed by atoms with Gasteiger partial charge in [-0.3, -0.25) is 14.9 Å². The van der Waals surface area contributed by atoms with E-state index in [2.05, 4.69) is 0 Å². The molecule has 0 atom stereocenters. The highest BCUT2D eigenvalue weighted by molar-refractivity contribution is 6.09. The fourth-order valence-corrected chi connectivity index (χ4v) is 0.997. The van der Waals surface area contributed by atoms with Crippen LogP contribution in [0.3, 0.4) is 0 Å². The molecule has 1 aromatic rings. The van der Waals surface area contributed by atoms with Crippen molar-refractivity contribution in [1.29, 1.82) is 10.5 Å². The first-order valence-electron chi connectivity index (χ1n) is 3.73. The second kappa shape index (κ2) is 3.99. The summed E-state index contributed by atoms with van der Waals surface area (Å²) in [4.78, 5) is 20.7. The smallest absolute Gasteiger partial charge is 0.270 e. The molecule has 0 radical (unpaired) electrons. The molecule has 72 valence electrons. The molecule has 0 aliphatic carbocycles. The Balaban J connectivity index is 3.36. The van der Waals surface area contributed by atoms with Gasteiger partial charge in [0.05, 0.1) is 16.1 Å². The maximum atomic E-state index is 11.0. The van der Waals surface area contributed by atoms with Crippen molar-refractivity contribution < 1.29 is 9.72 Å². The molecule has 0 aliphatic rings. The topological polar surface area (TPSA) is 108 Å². The van der Waals surface area contributed by atoms with Gasteiger partial charge in [0, 0.05) is 12.1 Å². The standard InChI is InChI=1S/C9H3N3O3/c10-4-6-3-7(12(14)15)1-2-8(6)9(13)5-11/h1-3H. The number of benzene rings is 1. The number of nitro groups is 1. The summed E-state index contributed by atoms with van der Waals surface area (Å²) in [7, 11) is 0. The molecule has 0 aliphatic heterocycles. The maximum absolute atomic E-state index is 11.0. The normalized spacial score (nSPS) is 8.67. The van der Waals surface area contributed by atoms with Gasteiger partial charge in [-0.15, -0.1) is 0 Å². The van der Waals surface area contributed by atoms with Gasteiger partial charge in [-0.1, -0.05) is 0 Å². The first kappa shape index (κ1) is 10.4. The SMILES string of the molecule is N#CC(=O)c1ccc([N+](=O)[O-])cc1C#N. The van der Waals surface area contributed by atoms with Crippen molar-refractivity contribution in [2.45, 2.75) is 0 Å². The minimum Gasteiger partial charge on any atom is -0.277 e. The van der Waals surface area contributed by atoms with Crippen molar-refractivity contribution in [3.8, 4) is 12.1 Å². The van der Waals surface area contributed by atoms with Crippen LogP contribution in [0.4, 0.5) is 5.69 Å². The Labute approximate surface area is 84.1 Å². The average molecular weight is 201 g/mol. The second-order valence-electron chi connectivity index (χ2n) is 2.54. The number of rotatable bonds is 2. The highest BCUT2D eigenvalue weighted by Crippen LogP contribution is 2.17. The monoisotopic (exact) mass is 201 g/mol. The number of Topliss-reactive ketones (excluding diaryl/α,β-unsaturated/α-hetero) is 1. The number of non-ortho nitro benzene ring substituents is 1. The van der Waals surface area contributed by atoms with Crippen molar-refractivity contribution in [3.05, 3.63) is 39.4 Å². The maximum Gasteiger partial charge on any atom is 0.270 e. The van der Waals surface area contributed by atoms with Crippen LogP contribution in [0.25, 0.3) is 0 Å². The third-order valence-corrected chi connectivity index (χ3v) is 1.68. The lowest BCUT2D eigenvalue weighted by atomic mass is 10.0. The van der Waals surface area contributed by atoms with Crippen LogP contribution in [0.15, 0.2) is 18.2 Å². The van der Waals surface area contributed by atoms with E-state index in [-0.39, 0.29) is 16.8 Å². The molecule has 0 bridgehead atoms. The summed E-state index contributed by atoms with van der Waals surface area (Å²) in [6, 6.07) is 6.11. The molecular formula is C9H3N3O3. The first-order valence-corrected chi connectivity index (χ1v) is 3.73. The Kier molecular flexibility index (Phi) is 2.75. The Bertz CT molecular complexity index is 522. The van der Waals surface area contributed by atoms with E-state index in [1.54, 1.807) is 6.07 Å². The number of nitro benzene ring substituents is 1. The van der Waals surface area contributed by atoms with Crippen LogP contribution in [-0.2, 0) is 0 Å². The van der Waals surface area contributed by atoms with Crippen molar-refractivity contribution in [2.75, 3.05) is 0 Å². The molecule has 0 heterocycles. The first-order chi connectivity index (χ1) is 7.10. The summed E-state index contributed by atoms with van der Waals surface area (Å²) < 4.78 is 0. The number of hydrogen-bond acceptors (Lipinski definition) is 5. The Morgan fingerprint density at radius 3 is 2.53 bits per heavy atom. The lowest BCUT2D eigenvalue weighted by Crippen LogP contribution is -2.00. The molecule has 0 saturated heterocycles. The van der Waals surface area contributed by atoms with Crippen LogP contribution in [-0.4, -0.2) is 10.7 Å². The van der Waals surface area contributed by atoms with Crippen molar-refractivity contribution >= 4 is 11.5 Å². The van der Waals surface area contributed by atoms with E-state index in [4.69, 9.17) is 10.5 Å². The predicted octanol–water partition coefficient (Wildman–Crippen LogP) is 1.17. The van der Waals surface area contributed by atoms with E-state index in [9.17, 15) is 14.9 Å². The van der Waals surface area contributed by atoms with Crippen molar-refractivity contribution in [3.63, 3.8) is 0 Å². The van der Waals surface area contributed by atoms with E-state index >= 15 is 0 Å². The van der Waals surface area contributed by atoms with Crippen LogP contribution in [0.5, 0.6) is 0 Å². The number of carbonyl (C=O) groups excluding carboxylic acids is 1. The quantitative estimate of drug-likeness (QED) is 0.309. The third kappa shape index (κ3) is 1.95. The lowest BCUT2D eigenvalue weighted by molar-refractivity contribution is -0.384. The Morgan fingerprint density at radius 2 is 2.07 bits per heavy atom. The molecular weight excluding hydrogens is 198 g/mol. The van der Waals surface area contributed by atoms with Crippen LogP contribution < -0.4 is 0 Å². The van der Waals surface area contributed by atoms with Gasteiger partial charge in [-0.25, -0.2) is 0 Å². The van der Waals surface area contributed by atoms with Crippen LogP contribution in [0.1, 0.15) is 15.9 Å². The molecule has 0 aromatic heterocycles. The largest absolute Gasteiger partial charge is 0.277 e. The van der Waals surface area contributed by atoms with Crippen LogP contribution >= 0.6 is 0 Å². The second-order valence-corrected chi connectivity index (χ2v) is 2.54. The van der Waals surface area contributed by atoms with Crippen LogP contribution in [0, 0.1) is 32.8 Å². The highest BCUT2D eigenvalue weighted by atomic mass is 16.6. The van der Waals surface area contributed by atoms with E-state index in [1.165, 1.54) is 6.07 Å². The van der Waals surface area contributed by atoms with Gasteiger partial charge in [0.1, 0.15) is 12.1 Å². The minimum absolute atomic E-state index is 0.120. The molecule has 0 fully saturated rings. The highest BCUT2D eigenvalue weighted by Gasteiger charge is 2.15. The summed E-state index contributed by atoms with van der Waals surface area (Å²) in [6.07, 6.45) is 0. The number of hydrogen-bond donors (Lipinski definition) is 0. The molecule has 1 rings (SSSR count). The Hall–Kier alpha value is -2.73. The van der Waals surface area contributed by atoms with Crippen molar-refractivity contribution in [1.82, 2.24) is 0 Å². The molecule has 0 saturated carbocycles. The molecule has 15 heavy (non-hydrogen) atoms. The molecule has 0 amide bonds. The van der Waals surface area contributed by atoms with Crippen LogP contribution in [0.2, 0.25) is 0 Å². The summed E-state index contributed by atoms with van der Waals surface area (Å²) in [5.41, 5.74) is -0.581. The number of nitrogens with zero attached hydrogens (tertiary/aromatic N) is 3. The summed E-state index contributed by atoms with van der Waals surface area (Å²) >= 11 is 0.